The van der Waals surface area contributed by atoms with Crippen molar-refractivity contribution in [1.82, 2.24) is 0 Å². The van der Waals surface area contributed by atoms with Crippen molar-refractivity contribution in [3.8, 4) is 17.2 Å². The number of aryl methyl sites for hydroxylation is 2. The van der Waals surface area contributed by atoms with Gasteiger partial charge in [0.1, 0.15) is 11.4 Å². The number of anilines is 1. The lowest BCUT2D eigenvalue weighted by Gasteiger charge is -2.26. The summed E-state index contributed by atoms with van der Waals surface area (Å²) in [6, 6.07) is 11.5. The first-order chi connectivity index (χ1) is 17.3. The third kappa shape index (κ3) is 3.48. The number of carbonyl (C=O) groups is 1. The third-order valence-electron chi connectivity index (χ3n) is 6.59. The standard InChI is InChI=1S/C28H24FNO6/c1-14-10-19-20(11-15(14)2)36-27-23(25(19)31)24(30(28(27)32)18-8-6-17(29)7-9-18)16-12-21(33-3)26(35-5)22(13-16)34-4/h6-13,24H,1-5H3. The van der Waals surface area contributed by atoms with Crippen molar-refractivity contribution in [2.45, 2.75) is 19.9 Å². The van der Waals surface area contributed by atoms with Crippen LogP contribution in [0.2, 0.25) is 0 Å². The molecule has 0 N–H and O–H groups in total. The molecule has 3 aromatic carbocycles. The van der Waals surface area contributed by atoms with E-state index in [2.05, 4.69) is 0 Å². The molecule has 1 aromatic heterocycles. The molecule has 1 amide bonds. The van der Waals surface area contributed by atoms with Crippen molar-refractivity contribution in [2.24, 2.45) is 0 Å². The van der Waals surface area contributed by atoms with Gasteiger partial charge in [-0.05, 0) is 79.1 Å². The molecular weight excluding hydrogens is 465 g/mol. The van der Waals surface area contributed by atoms with Crippen LogP contribution >= 0.6 is 0 Å². The predicted octanol–water partition coefficient (Wildman–Crippen LogP) is 5.32. The summed E-state index contributed by atoms with van der Waals surface area (Å²) in [7, 11) is 4.46. The molecule has 7 nitrogen and oxygen atoms in total. The highest BCUT2D eigenvalue weighted by molar-refractivity contribution is 6.10. The number of methoxy groups -OCH3 is 3. The highest BCUT2D eigenvalue weighted by Crippen LogP contribution is 2.46. The molecule has 2 heterocycles. The minimum absolute atomic E-state index is 0.0566. The highest BCUT2D eigenvalue weighted by Gasteiger charge is 2.44. The van der Waals surface area contributed by atoms with Crippen LogP contribution in [0.3, 0.4) is 0 Å². The number of carbonyl (C=O) groups excluding carboxylic acids is 1. The van der Waals surface area contributed by atoms with Crippen LogP contribution in [0, 0.1) is 19.7 Å². The van der Waals surface area contributed by atoms with Gasteiger partial charge in [-0.3, -0.25) is 14.5 Å². The molecular formula is C28H24FNO6. The van der Waals surface area contributed by atoms with Crippen molar-refractivity contribution in [3.05, 3.63) is 92.6 Å². The van der Waals surface area contributed by atoms with Crippen LogP contribution in [0.1, 0.15) is 38.9 Å². The Hall–Kier alpha value is -4.33. The summed E-state index contributed by atoms with van der Waals surface area (Å²) < 4.78 is 36.3. The fraction of sp³-hybridized carbons (Fsp3) is 0.214. The van der Waals surface area contributed by atoms with Crippen LogP contribution < -0.4 is 24.5 Å². The largest absolute Gasteiger partial charge is 0.493 e. The van der Waals surface area contributed by atoms with E-state index < -0.39 is 17.8 Å². The number of hydrogen-bond acceptors (Lipinski definition) is 6. The van der Waals surface area contributed by atoms with E-state index in [0.717, 1.165) is 11.1 Å². The van der Waals surface area contributed by atoms with E-state index in [1.54, 1.807) is 24.3 Å². The van der Waals surface area contributed by atoms with Gasteiger partial charge in [-0.15, -0.1) is 0 Å². The van der Waals surface area contributed by atoms with E-state index >= 15 is 0 Å². The monoisotopic (exact) mass is 489 g/mol. The van der Waals surface area contributed by atoms with Gasteiger partial charge >= 0.3 is 0 Å². The van der Waals surface area contributed by atoms with Crippen molar-refractivity contribution >= 4 is 22.6 Å². The number of ether oxygens (including phenoxy) is 3. The van der Waals surface area contributed by atoms with Crippen LogP contribution in [0.25, 0.3) is 11.0 Å². The molecule has 0 radical (unpaired) electrons. The average molecular weight is 489 g/mol. The first-order valence-electron chi connectivity index (χ1n) is 11.3. The van der Waals surface area contributed by atoms with E-state index in [-0.39, 0.29) is 16.8 Å². The Morgan fingerprint density at radius 1 is 0.861 bits per heavy atom. The molecule has 0 bridgehead atoms. The Morgan fingerprint density at radius 2 is 1.47 bits per heavy atom. The zero-order chi connectivity index (χ0) is 25.7. The maximum atomic E-state index is 13.9. The fourth-order valence-electron chi connectivity index (χ4n) is 4.67. The van der Waals surface area contributed by atoms with Gasteiger partial charge in [0, 0.05) is 5.69 Å². The summed E-state index contributed by atoms with van der Waals surface area (Å²) in [6.07, 6.45) is 0. The quantitative estimate of drug-likeness (QED) is 0.377. The molecule has 0 saturated carbocycles. The summed E-state index contributed by atoms with van der Waals surface area (Å²) in [5.74, 6) is 0.0923. The van der Waals surface area contributed by atoms with Gasteiger partial charge in [0.05, 0.1) is 38.3 Å². The van der Waals surface area contributed by atoms with Gasteiger partial charge in [-0.2, -0.15) is 0 Å². The highest BCUT2D eigenvalue weighted by atomic mass is 19.1. The maximum absolute atomic E-state index is 13.9. The van der Waals surface area contributed by atoms with Gasteiger partial charge in [-0.1, -0.05) is 0 Å². The average Bonchev–Trinajstić information content (AvgIpc) is 3.17. The van der Waals surface area contributed by atoms with Crippen molar-refractivity contribution in [1.29, 1.82) is 0 Å². The molecule has 0 spiro atoms. The van der Waals surface area contributed by atoms with Gasteiger partial charge in [0.2, 0.25) is 11.5 Å². The summed E-state index contributed by atoms with van der Waals surface area (Å²) in [6.45, 7) is 3.82. The summed E-state index contributed by atoms with van der Waals surface area (Å²) in [5.41, 5.74) is 3.02. The Balaban J connectivity index is 1.85. The molecule has 0 fully saturated rings. The number of amides is 1. The molecule has 8 heteroatoms. The Bertz CT molecular complexity index is 1550. The minimum Gasteiger partial charge on any atom is -0.493 e. The zero-order valence-corrected chi connectivity index (χ0v) is 20.5. The lowest BCUT2D eigenvalue weighted by Crippen LogP contribution is -2.29. The molecule has 1 aliphatic heterocycles. The van der Waals surface area contributed by atoms with Gasteiger partial charge < -0.3 is 18.6 Å². The van der Waals surface area contributed by atoms with Crippen LogP contribution in [-0.4, -0.2) is 27.2 Å². The predicted molar refractivity (Wildman–Crippen MR) is 133 cm³/mol. The molecule has 36 heavy (non-hydrogen) atoms. The van der Waals surface area contributed by atoms with E-state index in [0.29, 0.717) is 39.5 Å². The molecule has 1 unspecified atom stereocenters. The van der Waals surface area contributed by atoms with E-state index in [4.69, 9.17) is 18.6 Å². The minimum atomic E-state index is -0.881. The number of nitrogens with zero attached hydrogens (tertiary/aromatic N) is 1. The van der Waals surface area contributed by atoms with Gasteiger partial charge in [0.25, 0.3) is 5.91 Å². The van der Waals surface area contributed by atoms with Crippen LogP contribution in [0.5, 0.6) is 17.2 Å². The van der Waals surface area contributed by atoms with Crippen LogP contribution in [0.15, 0.2) is 57.7 Å². The lowest BCUT2D eigenvalue weighted by atomic mass is 9.96. The first-order valence-corrected chi connectivity index (χ1v) is 11.3. The summed E-state index contributed by atoms with van der Waals surface area (Å²) in [4.78, 5) is 29.1. The second kappa shape index (κ2) is 8.71. The number of benzene rings is 3. The van der Waals surface area contributed by atoms with E-state index in [1.807, 2.05) is 13.8 Å². The normalized spacial score (nSPS) is 14.8. The molecule has 1 aliphatic rings. The van der Waals surface area contributed by atoms with Crippen molar-refractivity contribution < 1.29 is 27.8 Å². The Kier molecular flexibility index (Phi) is 5.67. The maximum Gasteiger partial charge on any atom is 0.295 e. The zero-order valence-electron chi connectivity index (χ0n) is 20.5. The number of halogens is 1. The van der Waals surface area contributed by atoms with Gasteiger partial charge in [0.15, 0.2) is 16.9 Å². The van der Waals surface area contributed by atoms with Crippen LogP contribution in [0.4, 0.5) is 10.1 Å². The molecule has 0 aliphatic carbocycles. The van der Waals surface area contributed by atoms with Crippen molar-refractivity contribution in [2.75, 3.05) is 26.2 Å². The van der Waals surface area contributed by atoms with Crippen molar-refractivity contribution in [3.63, 3.8) is 0 Å². The SMILES string of the molecule is COc1cc(C2c3c(oc4cc(C)c(C)cc4c3=O)C(=O)N2c2ccc(F)cc2)cc(OC)c1OC. The smallest absolute Gasteiger partial charge is 0.295 e. The third-order valence-corrected chi connectivity index (χ3v) is 6.59. The second-order valence-corrected chi connectivity index (χ2v) is 8.62. The Labute approximate surface area is 206 Å². The fourth-order valence-corrected chi connectivity index (χ4v) is 4.67. The number of rotatable bonds is 5. The van der Waals surface area contributed by atoms with Gasteiger partial charge in [-0.25, -0.2) is 4.39 Å². The topological polar surface area (TPSA) is 78.2 Å². The summed E-state index contributed by atoms with van der Waals surface area (Å²) >= 11 is 0. The first kappa shape index (κ1) is 23.4. The second-order valence-electron chi connectivity index (χ2n) is 8.62. The van der Waals surface area contributed by atoms with E-state index in [1.165, 1.54) is 50.5 Å². The molecule has 4 aromatic rings. The molecule has 0 saturated heterocycles. The van der Waals surface area contributed by atoms with Crippen LogP contribution in [-0.2, 0) is 0 Å². The molecule has 5 rings (SSSR count). The number of fused-ring (bicyclic) bond motifs is 2. The summed E-state index contributed by atoms with van der Waals surface area (Å²) in [5, 5.41) is 0.378. The number of hydrogen-bond donors (Lipinski definition) is 0. The molecule has 1 atom stereocenters. The molecule has 184 valence electrons. The lowest BCUT2D eigenvalue weighted by molar-refractivity contribution is 0.0971. The Morgan fingerprint density at radius 3 is 2.06 bits per heavy atom. The van der Waals surface area contributed by atoms with E-state index in [9.17, 15) is 14.0 Å².